The lowest BCUT2D eigenvalue weighted by Gasteiger charge is -2.33. The van der Waals surface area contributed by atoms with E-state index in [-0.39, 0.29) is 24.3 Å². The number of fused-ring (bicyclic) bond motifs is 1. The molecule has 0 unspecified atom stereocenters. The summed E-state index contributed by atoms with van der Waals surface area (Å²) in [6, 6.07) is 16.5. The molecule has 2 aliphatic rings. The minimum Gasteiger partial charge on any atom is -0.486 e. The number of hydrogen-bond acceptors (Lipinski definition) is 5. The van der Waals surface area contributed by atoms with Gasteiger partial charge < -0.3 is 14.8 Å². The fraction of sp³-hybridized carbons (Fsp3) is 0.357. The van der Waals surface area contributed by atoms with Gasteiger partial charge in [-0.1, -0.05) is 48.7 Å². The summed E-state index contributed by atoms with van der Waals surface area (Å²) >= 11 is 1.54. The summed E-state index contributed by atoms with van der Waals surface area (Å²) < 4.78 is 11.5. The molecule has 0 radical (unpaired) electrons. The Morgan fingerprint density at radius 1 is 1.03 bits per heavy atom. The maximum atomic E-state index is 13.9. The van der Waals surface area contributed by atoms with Crippen LogP contribution in [0.1, 0.15) is 47.7 Å². The lowest BCUT2D eigenvalue weighted by atomic mass is 10.0. The molecule has 35 heavy (non-hydrogen) atoms. The van der Waals surface area contributed by atoms with Crippen molar-refractivity contribution in [3.63, 3.8) is 0 Å². The Bertz CT molecular complexity index is 1170. The van der Waals surface area contributed by atoms with Crippen molar-refractivity contribution in [2.24, 2.45) is 0 Å². The van der Waals surface area contributed by atoms with Crippen LogP contribution in [0, 0.1) is 6.92 Å². The lowest BCUT2D eigenvalue weighted by Crippen LogP contribution is -2.46. The van der Waals surface area contributed by atoms with Gasteiger partial charge in [0.15, 0.2) is 11.5 Å². The third-order valence-corrected chi connectivity index (χ3v) is 7.46. The van der Waals surface area contributed by atoms with E-state index in [4.69, 9.17) is 9.47 Å². The minimum atomic E-state index is -0.800. The van der Waals surface area contributed by atoms with E-state index in [0.29, 0.717) is 30.4 Å². The Morgan fingerprint density at radius 2 is 1.77 bits per heavy atom. The summed E-state index contributed by atoms with van der Waals surface area (Å²) in [5, 5.41) is 5.19. The monoisotopic (exact) mass is 490 g/mol. The van der Waals surface area contributed by atoms with E-state index < -0.39 is 6.04 Å². The number of carbonyl (C=O) groups excluding carboxylic acids is 2. The third-order valence-electron chi connectivity index (χ3n) is 6.58. The molecule has 1 aliphatic carbocycles. The molecule has 0 bridgehead atoms. The number of carbonyl (C=O) groups is 2. The van der Waals surface area contributed by atoms with E-state index >= 15 is 0 Å². The molecule has 1 atom stereocenters. The molecule has 1 N–H and O–H groups in total. The number of hydrogen-bond donors (Lipinski definition) is 1. The molecule has 3 aromatic rings. The average molecular weight is 491 g/mol. The summed E-state index contributed by atoms with van der Waals surface area (Å²) in [4.78, 5) is 30.3. The van der Waals surface area contributed by atoms with Crippen LogP contribution in [0.25, 0.3) is 0 Å². The second kappa shape index (κ2) is 10.5. The molecule has 2 heterocycles. The van der Waals surface area contributed by atoms with Crippen LogP contribution in [-0.2, 0) is 16.0 Å². The fourth-order valence-corrected chi connectivity index (χ4v) is 5.48. The Kier molecular flexibility index (Phi) is 7.04. The van der Waals surface area contributed by atoms with Crippen LogP contribution in [0.2, 0.25) is 0 Å². The van der Waals surface area contributed by atoms with Crippen LogP contribution < -0.4 is 19.7 Å². The number of amides is 2. The largest absolute Gasteiger partial charge is 0.486 e. The smallest absolute Gasteiger partial charge is 0.248 e. The topological polar surface area (TPSA) is 67.9 Å². The van der Waals surface area contributed by atoms with Crippen molar-refractivity contribution in [1.82, 2.24) is 5.32 Å². The van der Waals surface area contributed by atoms with Gasteiger partial charge in [-0.3, -0.25) is 14.5 Å². The minimum absolute atomic E-state index is 0.142. The van der Waals surface area contributed by atoms with Gasteiger partial charge in [0.05, 0.1) is 6.42 Å². The first-order valence-electron chi connectivity index (χ1n) is 12.2. The molecule has 2 amide bonds. The van der Waals surface area contributed by atoms with Crippen LogP contribution in [0.5, 0.6) is 11.5 Å². The van der Waals surface area contributed by atoms with Gasteiger partial charge in [-0.15, -0.1) is 11.3 Å². The van der Waals surface area contributed by atoms with Gasteiger partial charge in [0.1, 0.15) is 19.3 Å². The summed E-state index contributed by atoms with van der Waals surface area (Å²) in [6.07, 6.45) is 4.39. The average Bonchev–Trinajstić information content (AvgIpc) is 3.57. The van der Waals surface area contributed by atoms with Gasteiger partial charge in [0.25, 0.3) is 0 Å². The van der Waals surface area contributed by atoms with Gasteiger partial charge in [-0.2, -0.15) is 0 Å². The summed E-state index contributed by atoms with van der Waals surface area (Å²) in [6.45, 7) is 2.95. The Balaban J connectivity index is 1.57. The molecule has 7 heteroatoms. The number of benzene rings is 2. The molecule has 2 aromatic carbocycles. The first kappa shape index (κ1) is 23.4. The molecular weight excluding hydrogens is 460 g/mol. The summed E-state index contributed by atoms with van der Waals surface area (Å²) in [5.41, 5.74) is 2.49. The number of ether oxygens (including phenoxy) is 2. The zero-order valence-corrected chi connectivity index (χ0v) is 20.7. The highest BCUT2D eigenvalue weighted by molar-refractivity contribution is 7.10. The van der Waals surface area contributed by atoms with E-state index in [9.17, 15) is 9.59 Å². The number of thiophene rings is 1. The van der Waals surface area contributed by atoms with Gasteiger partial charge in [-0.05, 0) is 48.9 Å². The van der Waals surface area contributed by atoms with Crippen molar-refractivity contribution in [2.45, 2.75) is 51.1 Å². The van der Waals surface area contributed by atoms with Gasteiger partial charge in [0.2, 0.25) is 11.8 Å². The summed E-state index contributed by atoms with van der Waals surface area (Å²) in [5.74, 6) is 0.931. The van der Waals surface area contributed by atoms with Crippen molar-refractivity contribution < 1.29 is 19.1 Å². The molecule has 5 rings (SSSR count). The maximum Gasteiger partial charge on any atom is 0.248 e. The van der Waals surface area contributed by atoms with E-state index in [2.05, 4.69) is 5.32 Å². The highest BCUT2D eigenvalue weighted by Crippen LogP contribution is 2.37. The van der Waals surface area contributed by atoms with Gasteiger partial charge in [0, 0.05) is 22.7 Å². The van der Waals surface area contributed by atoms with Crippen LogP contribution in [0.15, 0.2) is 60.0 Å². The van der Waals surface area contributed by atoms with Crippen molar-refractivity contribution in [3.8, 4) is 11.5 Å². The summed E-state index contributed by atoms with van der Waals surface area (Å²) in [7, 11) is 0. The zero-order chi connectivity index (χ0) is 24.2. The van der Waals surface area contributed by atoms with Crippen molar-refractivity contribution in [3.05, 3.63) is 76.0 Å². The molecule has 1 aliphatic heterocycles. The number of aryl methyl sites for hydroxylation is 1. The Morgan fingerprint density at radius 3 is 2.49 bits per heavy atom. The third kappa shape index (κ3) is 5.35. The van der Waals surface area contributed by atoms with Gasteiger partial charge >= 0.3 is 0 Å². The Hall–Kier alpha value is -3.32. The van der Waals surface area contributed by atoms with Crippen molar-refractivity contribution >= 4 is 28.8 Å². The standard InChI is InChI=1S/C28H30N2O4S/c1-19-8-10-20(11-9-19)27(28(32)29-21-5-2-3-6-21)30(26(31)18-23-7-4-16-35-23)22-12-13-24-25(17-22)34-15-14-33-24/h4,7-13,16-17,21,27H,2-3,5-6,14-15,18H2,1H3,(H,29,32)/t27-/m1/s1. The predicted molar refractivity (Wildman–Crippen MR) is 137 cm³/mol. The molecule has 1 aromatic heterocycles. The molecule has 1 fully saturated rings. The molecular formula is C28H30N2O4S. The van der Waals surface area contributed by atoms with E-state index in [1.54, 1.807) is 4.90 Å². The molecule has 0 saturated heterocycles. The lowest BCUT2D eigenvalue weighted by molar-refractivity contribution is -0.127. The molecule has 6 nitrogen and oxygen atoms in total. The second-order valence-corrected chi connectivity index (χ2v) is 10.2. The van der Waals surface area contributed by atoms with Crippen LogP contribution in [-0.4, -0.2) is 31.1 Å². The highest BCUT2D eigenvalue weighted by atomic mass is 32.1. The second-order valence-electron chi connectivity index (χ2n) is 9.15. The molecule has 182 valence electrons. The zero-order valence-electron chi connectivity index (χ0n) is 19.9. The van der Waals surface area contributed by atoms with Crippen LogP contribution in [0.3, 0.4) is 0 Å². The molecule has 0 spiro atoms. The first-order valence-corrected chi connectivity index (χ1v) is 13.1. The number of nitrogens with one attached hydrogen (secondary N) is 1. The number of anilines is 1. The normalized spacial score (nSPS) is 16.0. The number of nitrogens with zero attached hydrogens (tertiary/aromatic N) is 1. The van der Waals surface area contributed by atoms with E-state index in [1.807, 2.05) is 66.9 Å². The molecule has 1 saturated carbocycles. The van der Waals surface area contributed by atoms with E-state index in [0.717, 1.165) is 41.7 Å². The maximum absolute atomic E-state index is 13.9. The predicted octanol–water partition coefficient (Wildman–Crippen LogP) is 5.20. The van der Waals surface area contributed by atoms with E-state index in [1.165, 1.54) is 11.3 Å². The van der Waals surface area contributed by atoms with Crippen LogP contribution in [0.4, 0.5) is 5.69 Å². The quantitative estimate of drug-likeness (QED) is 0.494. The SMILES string of the molecule is Cc1ccc([C@H](C(=O)NC2CCCC2)N(C(=O)Cc2cccs2)c2ccc3c(c2)OCCO3)cc1. The fourth-order valence-electron chi connectivity index (χ4n) is 4.78. The highest BCUT2D eigenvalue weighted by Gasteiger charge is 2.35. The van der Waals surface area contributed by atoms with Crippen molar-refractivity contribution in [1.29, 1.82) is 0 Å². The van der Waals surface area contributed by atoms with Gasteiger partial charge in [-0.25, -0.2) is 0 Å². The van der Waals surface area contributed by atoms with Crippen LogP contribution >= 0.6 is 11.3 Å². The number of rotatable bonds is 7. The van der Waals surface area contributed by atoms with Crippen molar-refractivity contribution in [2.75, 3.05) is 18.1 Å². The first-order chi connectivity index (χ1) is 17.1. The Labute approximate surface area is 209 Å².